The van der Waals surface area contributed by atoms with Gasteiger partial charge in [0.2, 0.25) is 5.91 Å². The second-order valence-corrected chi connectivity index (χ2v) is 4.84. The van der Waals surface area contributed by atoms with Crippen LogP contribution in [-0.4, -0.2) is 51.8 Å². The van der Waals surface area contributed by atoms with Gasteiger partial charge >= 0.3 is 5.69 Å². The maximum atomic E-state index is 11.2. The highest BCUT2D eigenvalue weighted by molar-refractivity contribution is 5.73. The zero-order valence-electron chi connectivity index (χ0n) is 12.3. The van der Waals surface area contributed by atoms with E-state index in [1.807, 2.05) is 0 Å². The van der Waals surface area contributed by atoms with Crippen molar-refractivity contribution in [2.24, 2.45) is 10.3 Å². The van der Waals surface area contributed by atoms with E-state index in [0.29, 0.717) is 26.2 Å². The average molecular weight is 322 g/mol. The Kier molecular flexibility index (Phi) is 4.79. The van der Waals surface area contributed by atoms with Gasteiger partial charge in [-0.15, -0.1) is 5.11 Å². The molecular weight excluding hydrogens is 308 g/mol. The van der Waals surface area contributed by atoms with Crippen molar-refractivity contribution in [1.82, 2.24) is 9.91 Å². The van der Waals surface area contributed by atoms with Crippen LogP contribution in [0, 0.1) is 20.2 Å². The number of piperazine rings is 1. The Morgan fingerprint density at radius 1 is 1.13 bits per heavy atom. The lowest BCUT2D eigenvalue weighted by atomic mass is 10.2. The minimum Gasteiger partial charge on any atom is -0.339 e. The van der Waals surface area contributed by atoms with Crippen molar-refractivity contribution in [1.29, 1.82) is 0 Å². The summed E-state index contributed by atoms with van der Waals surface area (Å²) in [6.45, 7) is 3.40. The molecule has 1 heterocycles. The Labute approximate surface area is 130 Å². The van der Waals surface area contributed by atoms with Crippen molar-refractivity contribution in [3.8, 4) is 0 Å². The van der Waals surface area contributed by atoms with Crippen LogP contribution in [0.3, 0.4) is 0 Å². The van der Waals surface area contributed by atoms with Crippen LogP contribution in [0.25, 0.3) is 0 Å². The number of nitro groups is 2. The largest absolute Gasteiger partial charge is 0.339 e. The summed E-state index contributed by atoms with van der Waals surface area (Å²) in [5, 5.41) is 31.0. The Balaban J connectivity index is 2.12. The second kappa shape index (κ2) is 6.77. The van der Waals surface area contributed by atoms with E-state index in [1.165, 1.54) is 13.0 Å². The van der Waals surface area contributed by atoms with E-state index < -0.39 is 15.5 Å². The number of hydrogen-bond acceptors (Lipinski definition) is 7. The molecular formula is C12H14N6O5. The summed E-state index contributed by atoms with van der Waals surface area (Å²) < 4.78 is 0. The van der Waals surface area contributed by atoms with Crippen LogP contribution < -0.4 is 0 Å². The fraction of sp³-hybridized carbons (Fsp3) is 0.417. The highest BCUT2D eigenvalue weighted by atomic mass is 16.6. The molecule has 0 radical (unpaired) electrons. The maximum Gasteiger partial charge on any atom is 0.303 e. The third-order valence-corrected chi connectivity index (χ3v) is 3.35. The number of carbonyl (C=O) groups excluding carboxylic acids is 1. The lowest BCUT2D eigenvalue weighted by molar-refractivity contribution is -0.393. The monoisotopic (exact) mass is 322 g/mol. The zero-order chi connectivity index (χ0) is 17.0. The van der Waals surface area contributed by atoms with E-state index in [4.69, 9.17) is 0 Å². The van der Waals surface area contributed by atoms with Gasteiger partial charge in [0.15, 0.2) is 5.69 Å². The Bertz CT molecular complexity index is 668. The molecule has 1 aromatic rings. The van der Waals surface area contributed by atoms with Crippen molar-refractivity contribution < 1.29 is 14.6 Å². The third-order valence-electron chi connectivity index (χ3n) is 3.35. The van der Waals surface area contributed by atoms with Gasteiger partial charge in [0.1, 0.15) is 0 Å². The summed E-state index contributed by atoms with van der Waals surface area (Å²) in [4.78, 5) is 33.1. The highest BCUT2D eigenvalue weighted by Gasteiger charge is 2.21. The Morgan fingerprint density at radius 3 is 2.30 bits per heavy atom. The summed E-state index contributed by atoms with van der Waals surface area (Å²) in [6, 6.07) is 3.17. The molecule has 1 fully saturated rings. The number of carbonyl (C=O) groups is 1. The number of amides is 1. The lowest BCUT2D eigenvalue weighted by Gasteiger charge is -2.31. The summed E-state index contributed by atoms with van der Waals surface area (Å²) in [6.07, 6.45) is 0. The van der Waals surface area contributed by atoms with Gasteiger partial charge in [-0.25, -0.2) is 0 Å². The molecule has 1 aliphatic heterocycles. The minimum absolute atomic E-state index is 0.0207. The van der Waals surface area contributed by atoms with E-state index in [9.17, 15) is 25.0 Å². The molecule has 1 aromatic carbocycles. The number of hydrogen-bond donors (Lipinski definition) is 0. The van der Waals surface area contributed by atoms with Crippen molar-refractivity contribution >= 4 is 23.0 Å². The van der Waals surface area contributed by atoms with E-state index >= 15 is 0 Å². The van der Waals surface area contributed by atoms with Gasteiger partial charge in [-0.3, -0.25) is 30.0 Å². The van der Waals surface area contributed by atoms with Crippen molar-refractivity contribution in [3.63, 3.8) is 0 Å². The van der Waals surface area contributed by atoms with Crippen LogP contribution in [0.4, 0.5) is 17.1 Å². The number of nitro benzene ring substituents is 2. The van der Waals surface area contributed by atoms with Gasteiger partial charge in [-0.2, -0.15) is 0 Å². The van der Waals surface area contributed by atoms with Gasteiger partial charge in [0.05, 0.1) is 29.0 Å². The Morgan fingerprint density at radius 2 is 1.78 bits per heavy atom. The average Bonchev–Trinajstić information content (AvgIpc) is 2.52. The summed E-state index contributed by atoms with van der Waals surface area (Å²) in [7, 11) is 0. The smallest absolute Gasteiger partial charge is 0.303 e. The molecule has 11 heteroatoms. The SMILES string of the molecule is CC(=O)N1CCN(N=Nc2ccc([N+](=O)[O-])cc2[N+](=O)[O-])CC1. The molecule has 11 nitrogen and oxygen atoms in total. The first-order valence-corrected chi connectivity index (χ1v) is 6.73. The molecule has 122 valence electrons. The number of benzene rings is 1. The highest BCUT2D eigenvalue weighted by Crippen LogP contribution is 2.31. The first-order valence-electron chi connectivity index (χ1n) is 6.73. The molecule has 0 saturated carbocycles. The first-order chi connectivity index (χ1) is 10.9. The van der Waals surface area contributed by atoms with Crippen molar-refractivity contribution in [3.05, 3.63) is 38.4 Å². The van der Waals surface area contributed by atoms with Gasteiger partial charge in [-0.05, 0) is 6.07 Å². The number of non-ortho nitro benzene ring substituents is 1. The fourth-order valence-corrected chi connectivity index (χ4v) is 2.07. The molecule has 1 aliphatic rings. The standard InChI is InChI=1S/C12H14N6O5/c1-9(19)15-4-6-16(7-5-15)14-13-11-3-2-10(17(20)21)8-12(11)18(22)23/h2-3,8H,4-7H2,1H3. The van der Waals surface area contributed by atoms with Crippen molar-refractivity contribution in [2.75, 3.05) is 26.2 Å². The molecule has 1 saturated heterocycles. The normalized spacial score (nSPS) is 15.0. The number of nitrogens with zero attached hydrogens (tertiary/aromatic N) is 6. The summed E-state index contributed by atoms with van der Waals surface area (Å²) >= 11 is 0. The molecule has 23 heavy (non-hydrogen) atoms. The first kappa shape index (κ1) is 16.3. The lowest BCUT2D eigenvalue weighted by Crippen LogP contribution is -2.45. The van der Waals surface area contributed by atoms with E-state index in [2.05, 4.69) is 10.3 Å². The van der Waals surface area contributed by atoms with E-state index in [0.717, 1.165) is 12.1 Å². The molecule has 2 rings (SSSR count). The van der Waals surface area contributed by atoms with Crippen molar-refractivity contribution in [2.45, 2.75) is 6.92 Å². The van der Waals surface area contributed by atoms with Gasteiger partial charge in [-0.1, -0.05) is 5.22 Å². The molecule has 0 unspecified atom stereocenters. The topological polar surface area (TPSA) is 135 Å². The van der Waals surface area contributed by atoms with Gasteiger partial charge in [0, 0.05) is 26.1 Å². The van der Waals surface area contributed by atoms with Crippen LogP contribution in [0.1, 0.15) is 6.92 Å². The number of rotatable bonds is 4. The zero-order valence-corrected chi connectivity index (χ0v) is 12.3. The van der Waals surface area contributed by atoms with Crippen LogP contribution in [0.2, 0.25) is 0 Å². The molecule has 0 spiro atoms. The Hall–Kier alpha value is -3.11. The molecule has 0 N–H and O–H groups in total. The molecule has 0 aromatic heterocycles. The second-order valence-electron chi connectivity index (χ2n) is 4.84. The van der Waals surface area contributed by atoms with Crippen LogP contribution in [0.15, 0.2) is 28.5 Å². The third kappa shape index (κ3) is 3.96. The van der Waals surface area contributed by atoms with E-state index in [-0.39, 0.29) is 17.3 Å². The molecule has 0 bridgehead atoms. The molecule has 0 atom stereocenters. The van der Waals surface area contributed by atoms with Crippen LogP contribution >= 0.6 is 0 Å². The van der Waals surface area contributed by atoms with Gasteiger partial charge < -0.3 is 4.90 Å². The quantitative estimate of drug-likeness (QED) is 0.470. The summed E-state index contributed by atoms with van der Waals surface area (Å²) in [5.74, 6) is -0.0207. The van der Waals surface area contributed by atoms with E-state index in [1.54, 1.807) is 9.91 Å². The van der Waals surface area contributed by atoms with Crippen LogP contribution in [-0.2, 0) is 4.79 Å². The minimum atomic E-state index is -0.741. The van der Waals surface area contributed by atoms with Gasteiger partial charge in [0.25, 0.3) is 5.69 Å². The predicted molar refractivity (Wildman–Crippen MR) is 78.1 cm³/mol. The maximum absolute atomic E-state index is 11.2. The predicted octanol–water partition coefficient (Wildman–Crippen LogP) is 1.67. The van der Waals surface area contributed by atoms with Crippen LogP contribution in [0.5, 0.6) is 0 Å². The molecule has 1 amide bonds. The molecule has 0 aliphatic carbocycles. The fourth-order valence-electron chi connectivity index (χ4n) is 2.07. The summed E-state index contributed by atoms with van der Waals surface area (Å²) in [5.41, 5.74) is -0.925.